The van der Waals surface area contributed by atoms with Gasteiger partial charge in [-0.25, -0.2) is 14.2 Å². The molecule has 0 radical (unpaired) electrons. The average Bonchev–Trinajstić information content (AvgIpc) is 3.47. The normalized spacial score (nSPS) is 17.3. The second kappa shape index (κ2) is 10.7. The third kappa shape index (κ3) is 5.07. The molecule has 1 atom stereocenters. The van der Waals surface area contributed by atoms with Crippen molar-refractivity contribution in [2.75, 3.05) is 20.3 Å². The van der Waals surface area contributed by atoms with Gasteiger partial charge in [-0.3, -0.25) is 4.79 Å². The number of thioether (sulfide) groups is 1. The number of esters is 1. The quantitative estimate of drug-likeness (QED) is 0.425. The minimum atomic E-state index is -0.831. The molecular formula is C24H24FN3O5S. The van der Waals surface area contributed by atoms with Crippen molar-refractivity contribution in [2.24, 2.45) is 4.99 Å². The van der Waals surface area contributed by atoms with Crippen LogP contribution in [0.4, 0.5) is 4.39 Å². The molecule has 1 aromatic heterocycles. The molecule has 2 aliphatic heterocycles. The maximum absolute atomic E-state index is 15.0. The number of furan rings is 1. The van der Waals surface area contributed by atoms with Crippen LogP contribution >= 0.6 is 11.8 Å². The van der Waals surface area contributed by atoms with Crippen molar-refractivity contribution in [1.82, 2.24) is 10.2 Å². The van der Waals surface area contributed by atoms with E-state index in [4.69, 9.17) is 13.9 Å². The monoisotopic (exact) mass is 485 g/mol. The Morgan fingerprint density at radius 1 is 1.24 bits per heavy atom. The molecule has 34 heavy (non-hydrogen) atoms. The van der Waals surface area contributed by atoms with Crippen LogP contribution in [-0.2, 0) is 25.6 Å². The van der Waals surface area contributed by atoms with E-state index in [1.54, 1.807) is 47.6 Å². The van der Waals surface area contributed by atoms with Crippen molar-refractivity contribution in [2.45, 2.75) is 25.9 Å². The number of halogens is 1. The summed E-state index contributed by atoms with van der Waals surface area (Å²) in [6, 6.07) is 8.93. The van der Waals surface area contributed by atoms with Gasteiger partial charge in [-0.2, -0.15) is 0 Å². The number of fused-ring (bicyclic) bond motifs is 1. The van der Waals surface area contributed by atoms with Crippen molar-refractivity contribution in [1.29, 1.82) is 0 Å². The highest BCUT2D eigenvalue weighted by Crippen LogP contribution is 2.45. The number of aliphatic imine (C=N–C) groups is 1. The number of hydrogen-bond acceptors (Lipinski definition) is 8. The number of carbonyl (C=O) groups excluding carboxylic acids is 2. The number of amidine groups is 1. The predicted molar refractivity (Wildman–Crippen MR) is 125 cm³/mol. The van der Waals surface area contributed by atoms with Gasteiger partial charge in [0.2, 0.25) is 5.91 Å². The number of rotatable bonds is 9. The standard InChI is InChI=1S/C24H24FN3O5S/c1-15-21(23(30)33-11-10-31-2)22(18-7-3-4-8-19(18)25)28-16(14-34-24(28)27-15)12-20(29)26-13-17-6-5-9-32-17/h3-9,14,22H,10-13H2,1-2H3,(H,26,29)/t22-/m1/s1. The lowest BCUT2D eigenvalue weighted by atomic mass is 9.93. The Kier molecular flexibility index (Phi) is 7.49. The van der Waals surface area contributed by atoms with Crippen molar-refractivity contribution in [3.05, 3.63) is 82.2 Å². The van der Waals surface area contributed by atoms with E-state index in [2.05, 4.69) is 10.3 Å². The molecule has 1 amide bonds. The topological polar surface area (TPSA) is 93.4 Å². The van der Waals surface area contributed by atoms with Gasteiger partial charge in [0.05, 0.1) is 43.1 Å². The van der Waals surface area contributed by atoms with Gasteiger partial charge in [0.1, 0.15) is 18.2 Å². The summed E-state index contributed by atoms with van der Waals surface area (Å²) in [6.07, 6.45) is 1.55. The van der Waals surface area contributed by atoms with E-state index in [-0.39, 0.29) is 43.2 Å². The summed E-state index contributed by atoms with van der Waals surface area (Å²) < 4.78 is 30.6. The highest BCUT2D eigenvalue weighted by molar-refractivity contribution is 8.16. The van der Waals surface area contributed by atoms with Crippen LogP contribution in [0.3, 0.4) is 0 Å². The SMILES string of the molecule is COCCOC(=O)C1=C(C)N=C2SC=C(CC(=O)NCc3ccco3)N2[C@@H]1c1ccccc1F. The van der Waals surface area contributed by atoms with Crippen LogP contribution < -0.4 is 5.32 Å². The largest absolute Gasteiger partial charge is 0.467 e. The lowest BCUT2D eigenvalue weighted by Crippen LogP contribution is -2.38. The predicted octanol–water partition coefficient (Wildman–Crippen LogP) is 3.89. The van der Waals surface area contributed by atoms with Gasteiger partial charge in [-0.05, 0) is 30.5 Å². The maximum atomic E-state index is 15.0. The zero-order chi connectivity index (χ0) is 24.1. The Morgan fingerprint density at radius 2 is 2.06 bits per heavy atom. The Hall–Kier alpha value is -3.37. The number of methoxy groups -OCH3 is 1. The molecule has 1 N–H and O–H groups in total. The molecule has 178 valence electrons. The third-order valence-electron chi connectivity index (χ3n) is 5.32. The van der Waals surface area contributed by atoms with Gasteiger partial charge in [0, 0.05) is 18.4 Å². The first kappa shape index (κ1) is 23.8. The molecule has 10 heteroatoms. The van der Waals surface area contributed by atoms with Gasteiger partial charge in [-0.1, -0.05) is 30.0 Å². The van der Waals surface area contributed by atoms with Gasteiger partial charge in [0.25, 0.3) is 0 Å². The highest BCUT2D eigenvalue weighted by atomic mass is 32.2. The second-order valence-corrected chi connectivity index (χ2v) is 8.41. The van der Waals surface area contributed by atoms with Crippen LogP contribution in [0.5, 0.6) is 0 Å². The van der Waals surface area contributed by atoms with Crippen molar-refractivity contribution >= 4 is 28.8 Å². The van der Waals surface area contributed by atoms with E-state index < -0.39 is 17.8 Å². The lowest BCUT2D eigenvalue weighted by Gasteiger charge is -2.36. The van der Waals surface area contributed by atoms with E-state index in [0.29, 0.717) is 22.3 Å². The molecule has 2 aromatic rings. The summed E-state index contributed by atoms with van der Waals surface area (Å²) in [5, 5.41) is 5.17. The Bertz CT molecular complexity index is 1160. The molecule has 0 spiro atoms. The molecule has 0 aliphatic carbocycles. The molecule has 0 saturated heterocycles. The van der Waals surface area contributed by atoms with E-state index in [1.807, 2.05) is 0 Å². The summed E-state index contributed by atoms with van der Waals surface area (Å²) in [5.74, 6) is -0.689. The molecule has 0 fully saturated rings. The number of amides is 1. The van der Waals surface area contributed by atoms with E-state index in [9.17, 15) is 14.0 Å². The van der Waals surface area contributed by atoms with Crippen LogP contribution in [0, 0.1) is 5.82 Å². The van der Waals surface area contributed by atoms with Gasteiger partial charge in [-0.15, -0.1) is 0 Å². The first-order valence-corrected chi connectivity index (χ1v) is 11.5. The Balaban J connectivity index is 1.62. The fourth-order valence-corrected chi connectivity index (χ4v) is 4.71. The molecule has 1 aromatic carbocycles. The number of hydrogen-bond donors (Lipinski definition) is 1. The molecular weight excluding hydrogens is 461 g/mol. The third-order valence-corrected chi connectivity index (χ3v) is 6.21. The number of carbonyl (C=O) groups is 2. The molecule has 0 bridgehead atoms. The Morgan fingerprint density at radius 3 is 2.79 bits per heavy atom. The minimum absolute atomic E-state index is 0.0166. The van der Waals surface area contributed by atoms with E-state index in [1.165, 1.54) is 31.2 Å². The summed E-state index contributed by atoms with van der Waals surface area (Å²) in [5.41, 5.74) is 1.54. The number of allylic oxidation sites excluding steroid dienone is 1. The smallest absolute Gasteiger partial charge is 0.338 e. The molecule has 3 heterocycles. The fourth-order valence-electron chi connectivity index (χ4n) is 3.74. The zero-order valence-corrected chi connectivity index (χ0v) is 19.6. The maximum Gasteiger partial charge on any atom is 0.338 e. The minimum Gasteiger partial charge on any atom is -0.467 e. The Labute approximate surface area is 200 Å². The average molecular weight is 486 g/mol. The fraction of sp³-hybridized carbons (Fsp3) is 0.292. The number of benzene rings is 1. The number of ether oxygens (including phenoxy) is 2. The first-order valence-electron chi connectivity index (χ1n) is 10.6. The molecule has 0 unspecified atom stereocenters. The van der Waals surface area contributed by atoms with Gasteiger partial charge < -0.3 is 24.1 Å². The molecule has 2 aliphatic rings. The van der Waals surface area contributed by atoms with Crippen molar-refractivity contribution in [3.8, 4) is 0 Å². The number of nitrogens with zero attached hydrogens (tertiary/aromatic N) is 2. The van der Waals surface area contributed by atoms with Gasteiger partial charge >= 0.3 is 5.97 Å². The van der Waals surface area contributed by atoms with Crippen LogP contribution in [-0.4, -0.2) is 42.3 Å². The van der Waals surface area contributed by atoms with Crippen LogP contribution in [0.15, 0.2) is 74.4 Å². The highest BCUT2D eigenvalue weighted by Gasteiger charge is 2.42. The van der Waals surface area contributed by atoms with Gasteiger partial charge in [0.15, 0.2) is 5.17 Å². The second-order valence-electron chi connectivity index (χ2n) is 7.58. The summed E-state index contributed by atoms with van der Waals surface area (Å²) in [4.78, 5) is 32.0. The summed E-state index contributed by atoms with van der Waals surface area (Å²) in [7, 11) is 1.51. The lowest BCUT2D eigenvalue weighted by molar-refractivity contribution is -0.141. The zero-order valence-electron chi connectivity index (χ0n) is 18.7. The van der Waals surface area contributed by atoms with Crippen molar-refractivity contribution in [3.63, 3.8) is 0 Å². The molecule has 0 saturated carbocycles. The number of nitrogens with one attached hydrogen (secondary N) is 1. The summed E-state index contributed by atoms with van der Waals surface area (Å²) in [6.45, 7) is 2.23. The van der Waals surface area contributed by atoms with Crippen LogP contribution in [0.1, 0.15) is 30.7 Å². The molecule has 4 rings (SSSR count). The van der Waals surface area contributed by atoms with Crippen LogP contribution in [0.25, 0.3) is 0 Å². The molecule has 8 nitrogen and oxygen atoms in total. The summed E-state index contributed by atoms with van der Waals surface area (Å²) >= 11 is 1.32. The van der Waals surface area contributed by atoms with Crippen molar-refractivity contribution < 1.29 is 27.9 Å². The van der Waals surface area contributed by atoms with Crippen LogP contribution in [0.2, 0.25) is 0 Å². The van der Waals surface area contributed by atoms with E-state index >= 15 is 0 Å². The van der Waals surface area contributed by atoms with E-state index in [0.717, 1.165) is 0 Å². The first-order chi connectivity index (χ1) is 16.5.